The van der Waals surface area contributed by atoms with Gasteiger partial charge in [0, 0.05) is 6.42 Å². The topological polar surface area (TPSA) is 102 Å². The zero-order chi connectivity index (χ0) is 21.6. The SMILES string of the molecule is CCc1ccc(Cc2nnc(NC(=O)CCCS(=O)(=O)c3ccc(C)cc3)o2)cc1. The Labute approximate surface area is 176 Å². The lowest BCUT2D eigenvalue weighted by atomic mass is 10.1. The van der Waals surface area contributed by atoms with Gasteiger partial charge in [-0.3, -0.25) is 10.1 Å². The summed E-state index contributed by atoms with van der Waals surface area (Å²) < 4.78 is 30.1. The molecule has 0 radical (unpaired) electrons. The number of carbonyl (C=O) groups excluding carboxylic acids is 1. The third-order valence-corrected chi connectivity index (χ3v) is 6.51. The summed E-state index contributed by atoms with van der Waals surface area (Å²) in [7, 11) is -3.41. The maximum absolute atomic E-state index is 12.3. The van der Waals surface area contributed by atoms with Crippen LogP contribution in [0.2, 0.25) is 0 Å². The maximum atomic E-state index is 12.3. The number of benzene rings is 2. The number of carbonyl (C=O) groups is 1. The molecular weight excluding hydrogens is 402 g/mol. The zero-order valence-corrected chi connectivity index (χ0v) is 17.9. The van der Waals surface area contributed by atoms with E-state index in [1.807, 2.05) is 19.1 Å². The van der Waals surface area contributed by atoms with Crippen molar-refractivity contribution in [2.45, 2.75) is 44.4 Å². The van der Waals surface area contributed by atoms with Crippen LogP contribution in [0.4, 0.5) is 6.01 Å². The third kappa shape index (κ3) is 6.00. The summed E-state index contributed by atoms with van der Waals surface area (Å²) in [6.45, 7) is 3.99. The largest absolute Gasteiger partial charge is 0.407 e. The van der Waals surface area contributed by atoms with Gasteiger partial charge in [0.2, 0.25) is 11.8 Å². The van der Waals surface area contributed by atoms with Crippen molar-refractivity contribution in [3.05, 3.63) is 71.1 Å². The van der Waals surface area contributed by atoms with Crippen LogP contribution in [0.3, 0.4) is 0 Å². The molecule has 0 aliphatic rings. The van der Waals surface area contributed by atoms with Crippen molar-refractivity contribution in [2.75, 3.05) is 11.1 Å². The summed E-state index contributed by atoms with van der Waals surface area (Å²) in [6, 6.07) is 14.8. The Morgan fingerprint density at radius 2 is 1.67 bits per heavy atom. The van der Waals surface area contributed by atoms with Gasteiger partial charge < -0.3 is 4.42 Å². The second kappa shape index (κ2) is 9.67. The van der Waals surface area contributed by atoms with Crippen LogP contribution >= 0.6 is 0 Å². The molecule has 7 nitrogen and oxygen atoms in total. The van der Waals surface area contributed by atoms with E-state index in [2.05, 4.69) is 34.6 Å². The van der Waals surface area contributed by atoms with Crippen molar-refractivity contribution in [1.29, 1.82) is 0 Å². The molecule has 3 aromatic rings. The van der Waals surface area contributed by atoms with Gasteiger partial charge in [0.15, 0.2) is 9.84 Å². The number of rotatable bonds is 9. The average molecular weight is 428 g/mol. The highest BCUT2D eigenvalue weighted by atomic mass is 32.2. The quantitative estimate of drug-likeness (QED) is 0.558. The first-order valence-corrected chi connectivity index (χ1v) is 11.5. The summed E-state index contributed by atoms with van der Waals surface area (Å²) in [5.74, 6) is -0.0696. The Kier molecular flexibility index (Phi) is 6.99. The number of anilines is 1. The minimum atomic E-state index is -3.41. The van der Waals surface area contributed by atoms with E-state index >= 15 is 0 Å². The number of aromatic nitrogens is 2. The average Bonchev–Trinajstić information content (AvgIpc) is 3.15. The van der Waals surface area contributed by atoms with Gasteiger partial charge in [-0.25, -0.2) is 8.42 Å². The monoisotopic (exact) mass is 427 g/mol. The van der Waals surface area contributed by atoms with Crippen LogP contribution in [0.25, 0.3) is 0 Å². The highest BCUT2D eigenvalue weighted by Crippen LogP contribution is 2.15. The fourth-order valence-electron chi connectivity index (χ4n) is 2.91. The van der Waals surface area contributed by atoms with Crippen molar-refractivity contribution in [3.63, 3.8) is 0 Å². The first-order chi connectivity index (χ1) is 14.4. The number of aryl methyl sites for hydroxylation is 2. The minimum absolute atomic E-state index is 0.0153. The normalized spacial score (nSPS) is 11.4. The Morgan fingerprint density at radius 3 is 2.33 bits per heavy atom. The fourth-order valence-corrected chi connectivity index (χ4v) is 4.22. The summed E-state index contributed by atoms with van der Waals surface area (Å²) in [5.41, 5.74) is 3.28. The lowest BCUT2D eigenvalue weighted by Gasteiger charge is -2.05. The van der Waals surface area contributed by atoms with Crippen LogP contribution < -0.4 is 5.32 Å². The standard InChI is InChI=1S/C22H25N3O4S/c1-3-17-8-10-18(11-9-17)15-21-24-25-22(29-21)23-20(26)5-4-14-30(27,28)19-12-6-16(2)7-13-19/h6-13H,3-5,14-15H2,1-2H3,(H,23,25,26). The first-order valence-electron chi connectivity index (χ1n) is 9.85. The fraction of sp³-hybridized carbons (Fsp3) is 0.318. The van der Waals surface area contributed by atoms with Gasteiger partial charge in [0.1, 0.15) is 0 Å². The van der Waals surface area contributed by atoms with Crippen molar-refractivity contribution in [3.8, 4) is 0 Å². The lowest BCUT2D eigenvalue weighted by molar-refractivity contribution is -0.116. The molecule has 1 aromatic heterocycles. The van der Waals surface area contributed by atoms with Crippen molar-refractivity contribution in [1.82, 2.24) is 10.2 Å². The van der Waals surface area contributed by atoms with E-state index in [0.29, 0.717) is 12.3 Å². The molecule has 3 rings (SSSR count). The van der Waals surface area contributed by atoms with E-state index < -0.39 is 9.84 Å². The van der Waals surface area contributed by atoms with E-state index in [4.69, 9.17) is 4.42 Å². The molecule has 0 bridgehead atoms. The van der Waals surface area contributed by atoms with Gasteiger partial charge in [-0.05, 0) is 43.0 Å². The molecule has 8 heteroatoms. The molecular formula is C22H25N3O4S. The number of nitrogens with zero attached hydrogens (tertiary/aromatic N) is 2. The van der Waals surface area contributed by atoms with Gasteiger partial charge in [-0.2, -0.15) is 0 Å². The molecule has 1 N–H and O–H groups in total. The van der Waals surface area contributed by atoms with Crippen LogP contribution in [0.5, 0.6) is 0 Å². The van der Waals surface area contributed by atoms with Gasteiger partial charge in [-0.15, -0.1) is 5.10 Å². The summed E-state index contributed by atoms with van der Waals surface area (Å²) in [6.07, 6.45) is 1.69. The Morgan fingerprint density at radius 1 is 1.00 bits per heavy atom. The second-order valence-corrected chi connectivity index (χ2v) is 9.24. The zero-order valence-electron chi connectivity index (χ0n) is 17.1. The molecule has 0 atom stereocenters. The summed E-state index contributed by atoms with van der Waals surface area (Å²) >= 11 is 0. The van der Waals surface area contributed by atoms with Gasteiger partial charge >= 0.3 is 6.01 Å². The smallest absolute Gasteiger partial charge is 0.322 e. The molecule has 0 saturated heterocycles. The number of nitrogens with one attached hydrogen (secondary N) is 1. The van der Waals surface area contributed by atoms with Crippen LogP contribution in [-0.4, -0.2) is 30.3 Å². The Bertz CT molecular complexity index is 1090. The number of amides is 1. The highest BCUT2D eigenvalue weighted by molar-refractivity contribution is 7.91. The van der Waals surface area contributed by atoms with Gasteiger partial charge in [0.25, 0.3) is 0 Å². The van der Waals surface area contributed by atoms with Crippen molar-refractivity contribution < 1.29 is 17.6 Å². The predicted octanol–water partition coefficient (Wildman–Crippen LogP) is 3.72. The summed E-state index contributed by atoms with van der Waals surface area (Å²) in [5, 5.41) is 10.3. The van der Waals surface area contributed by atoms with Crippen LogP contribution in [0.15, 0.2) is 57.8 Å². The molecule has 1 heterocycles. The molecule has 30 heavy (non-hydrogen) atoms. The number of sulfone groups is 1. The molecule has 0 aliphatic carbocycles. The van der Waals surface area contributed by atoms with Gasteiger partial charge in [-0.1, -0.05) is 54.0 Å². The highest BCUT2D eigenvalue weighted by Gasteiger charge is 2.16. The molecule has 0 aliphatic heterocycles. The number of hydrogen-bond donors (Lipinski definition) is 1. The minimum Gasteiger partial charge on any atom is -0.407 e. The van der Waals surface area contributed by atoms with E-state index in [1.54, 1.807) is 24.3 Å². The summed E-state index contributed by atoms with van der Waals surface area (Å²) in [4.78, 5) is 12.3. The Hall–Kier alpha value is -3.00. The molecule has 0 saturated carbocycles. The Balaban J connectivity index is 1.47. The van der Waals surface area contributed by atoms with Crippen molar-refractivity contribution >= 4 is 21.8 Å². The molecule has 1 amide bonds. The van der Waals surface area contributed by atoms with Crippen LogP contribution in [0.1, 0.15) is 42.3 Å². The maximum Gasteiger partial charge on any atom is 0.322 e. The van der Waals surface area contributed by atoms with E-state index in [0.717, 1.165) is 17.5 Å². The number of hydrogen-bond acceptors (Lipinski definition) is 6. The van der Waals surface area contributed by atoms with Gasteiger partial charge in [0.05, 0.1) is 17.1 Å². The predicted molar refractivity (Wildman–Crippen MR) is 114 cm³/mol. The first kappa shape index (κ1) is 21.7. The molecule has 0 fully saturated rings. The third-order valence-electron chi connectivity index (χ3n) is 4.70. The van der Waals surface area contributed by atoms with E-state index in [9.17, 15) is 13.2 Å². The molecule has 2 aromatic carbocycles. The lowest BCUT2D eigenvalue weighted by Crippen LogP contribution is -2.14. The van der Waals surface area contributed by atoms with Crippen molar-refractivity contribution in [2.24, 2.45) is 0 Å². The second-order valence-electron chi connectivity index (χ2n) is 7.13. The van der Waals surface area contributed by atoms with E-state index in [-0.39, 0.29) is 35.4 Å². The molecule has 158 valence electrons. The molecule has 0 spiro atoms. The van der Waals surface area contributed by atoms with Crippen LogP contribution in [0, 0.1) is 6.92 Å². The molecule has 0 unspecified atom stereocenters. The van der Waals surface area contributed by atoms with E-state index in [1.165, 1.54) is 5.56 Å². The van der Waals surface area contributed by atoms with Crippen LogP contribution in [-0.2, 0) is 27.5 Å².